The molecule has 7 nitrogen and oxygen atoms in total. The van der Waals surface area contributed by atoms with E-state index in [0.717, 1.165) is 38.8 Å². The summed E-state index contributed by atoms with van der Waals surface area (Å²) in [6, 6.07) is 12.3. The maximum absolute atomic E-state index is 12.8. The smallest absolute Gasteiger partial charge is 0.272 e. The van der Waals surface area contributed by atoms with Gasteiger partial charge in [-0.25, -0.2) is 9.97 Å². The first kappa shape index (κ1) is 19.4. The lowest BCUT2D eigenvalue weighted by molar-refractivity contribution is -0.119. The molecule has 2 fully saturated rings. The van der Waals surface area contributed by atoms with E-state index in [1.165, 1.54) is 5.56 Å². The summed E-state index contributed by atoms with van der Waals surface area (Å²) in [5, 5.41) is 0. The second-order valence-electron chi connectivity index (χ2n) is 7.80. The van der Waals surface area contributed by atoms with E-state index in [-0.39, 0.29) is 5.91 Å². The van der Waals surface area contributed by atoms with Crippen LogP contribution in [0.1, 0.15) is 28.9 Å². The number of nitrogens with zero attached hydrogens (tertiary/aromatic N) is 5. The van der Waals surface area contributed by atoms with Gasteiger partial charge in [-0.3, -0.25) is 9.59 Å². The molecule has 1 aromatic heterocycles. The predicted octanol–water partition coefficient (Wildman–Crippen LogP) is 1.85. The molecule has 0 aliphatic carbocycles. The largest absolute Gasteiger partial charge is 0.342 e. The zero-order chi connectivity index (χ0) is 20.1. The minimum absolute atomic E-state index is 0.0850. The molecule has 0 saturated carbocycles. The highest BCUT2D eigenvalue weighted by Gasteiger charge is 2.25. The number of amides is 2. The molecule has 3 heterocycles. The fourth-order valence-corrected chi connectivity index (χ4v) is 4.10. The first-order valence-electron chi connectivity index (χ1n) is 10.3. The van der Waals surface area contributed by atoms with Crippen LogP contribution >= 0.6 is 0 Å². The van der Waals surface area contributed by atoms with Crippen LogP contribution in [0.25, 0.3) is 0 Å². The Hall–Kier alpha value is -2.96. The van der Waals surface area contributed by atoms with Gasteiger partial charge in [0, 0.05) is 45.5 Å². The van der Waals surface area contributed by atoms with E-state index in [9.17, 15) is 9.59 Å². The number of anilines is 1. The van der Waals surface area contributed by atoms with Gasteiger partial charge in [0.05, 0.1) is 0 Å². The molecule has 2 amide bonds. The molecule has 4 rings (SSSR count). The third kappa shape index (κ3) is 4.72. The van der Waals surface area contributed by atoms with Crippen molar-refractivity contribution >= 4 is 18.3 Å². The Balaban J connectivity index is 1.34. The molecule has 0 radical (unpaired) electrons. The van der Waals surface area contributed by atoms with Crippen LogP contribution in [0.15, 0.2) is 42.6 Å². The highest BCUT2D eigenvalue weighted by atomic mass is 16.2. The van der Waals surface area contributed by atoms with E-state index in [4.69, 9.17) is 0 Å². The highest BCUT2D eigenvalue weighted by molar-refractivity contribution is 5.92. The van der Waals surface area contributed by atoms with Crippen molar-refractivity contribution in [3.05, 3.63) is 53.9 Å². The van der Waals surface area contributed by atoms with Crippen LogP contribution in [0.4, 0.5) is 5.95 Å². The minimum Gasteiger partial charge on any atom is -0.342 e. The zero-order valence-corrected chi connectivity index (χ0v) is 16.6. The van der Waals surface area contributed by atoms with Gasteiger partial charge < -0.3 is 14.7 Å². The highest BCUT2D eigenvalue weighted by Crippen LogP contribution is 2.24. The topological polar surface area (TPSA) is 69.6 Å². The van der Waals surface area contributed by atoms with Crippen molar-refractivity contribution in [3.63, 3.8) is 0 Å². The number of rotatable bonds is 5. The summed E-state index contributed by atoms with van der Waals surface area (Å²) in [5.74, 6) is 1.23. The molecular formula is C22H27N5O2. The molecule has 2 aliphatic rings. The van der Waals surface area contributed by atoms with Crippen molar-refractivity contribution in [1.29, 1.82) is 0 Å². The number of hydrogen-bond donors (Lipinski definition) is 0. The first-order valence-corrected chi connectivity index (χ1v) is 10.3. The van der Waals surface area contributed by atoms with E-state index in [1.807, 2.05) is 0 Å². The standard InChI is InChI=1S/C22H27N5O2/c28-17-25-12-14-26(15-13-25)21(29)20-6-9-23-22(24-20)27-10-7-19(8-11-27)16-18-4-2-1-3-5-18/h1-6,9,17,19H,7-8,10-16H2. The normalized spacial score (nSPS) is 18.0. The zero-order valence-electron chi connectivity index (χ0n) is 16.6. The maximum atomic E-state index is 12.8. The van der Waals surface area contributed by atoms with Crippen LogP contribution in [0.5, 0.6) is 0 Å². The number of benzene rings is 1. The van der Waals surface area contributed by atoms with Gasteiger partial charge in [-0.1, -0.05) is 30.3 Å². The second-order valence-corrected chi connectivity index (χ2v) is 7.80. The van der Waals surface area contributed by atoms with E-state index in [2.05, 4.69) is 45.2 Å². The Morgan fingerprint density at radius 3 is 2.41 bits per heavy atom. The summed E-state index contributed by atoms with van der Waals surface area (Å²) in [6.45, 7) is 4.05. The van der Waals surface area contributed by atoms with Crippen LogP contribution in [-0.2, 0) is 11.2 Å². The second kappa shape index (κ2) is 9.03. The summed E-state index contributed by atoms with van der Waals surface area (Å²) >= 11 is 0. The molecule has 0 unspecified atom stereocenters. The number of hydrogen-bond acceptors (Lipinski definition) is 5. The lowest BCUT2D eigenvalue weighted by atomic mass is 9.90. The molecule has 152 valence electrons. The Morgan fingerprint density at radius 1 is 1.00 bits per heavy atom. The van der Waals surface area contributed by atoms with Gasteiger partial charge in [-0.05, 0) is 36.8 Å². The number of carbonyl (C=O) groups is 2. The molecule has 0 N–H and O–H groups in total. The minimum atomic E-state index is -0.0850. The Kier molecular flexibility index (Phi) is 6.03. The molecule has 7 heteroatoms. The van der Waals surface area contributed by atoms with Crippen LogP contribution in [0, 0.1) is 5.92 Å². The molecule has 0 spiro atoms. The van der Waals surface area contributed by atoms with Crippen LogP contribution in [-0.4, -0.2) is 71.4 Å². The third-order valence-electron chi connectivity index (χ3n) is 5.88. The van der Waals surface area contributed by atoms with Gasteiger partial charge in [0.25, 0.3) is 5.91 Å². The summed E-state index contributed by atoms with van der Waals surface area (Å²) in [5.41, 5.74) is 1.82. The monoisotopic (exact) mass is 393 g/mol. The summed E-state index contributed by atoms with van der Waals surface area (Å²) in [6.07, 6.45) is 5.83. The average Bonchev–Trinajstić information content (AvgIpc) is 2.80. The number of carbonyl (C=O) groups excluding carboxylic acids is 2. The lowest BCUT2D eigenvalue weighted by Gasteiger charge is -2.33. The van der Waals surface area contributed by atoms with Crippen molar-refractivity contribution < 1.29 is 9.59 Å². The van der Waals surface area contributed by atoms with Crippen molar-refractivity contribution in [2.45, 2.75) is 19.3 Å². The van der Waals surface area contributed by atoms with Crippen LogP contribution in [0.2, 0.25) is 0 Å². The van der Waals surface area contributed by atoms with Gasteiger partial charge >= 0.3 is 0 Å². The van der Waals surface area contributed by atoms with Gasteiger partial charge in [0.2, 0.25) is 12.4 Å². The first-order chi connectivity index (χ1) is 14.2. The molecule has 0 bridgehead atoms. The molecule has 0 atom stereocenters. The quantitative estimate of drug-likeness (QED) is 0.725. The van der Waals surface area contributed by atoms with Crippen molar-refractivity contribution in [2.75, 3.05) is 44.2 Å². The molecule has 2 aromatic rings. The van der Waals surface area contributed by atoms with Crippen LogP contribution in [0.3, 0.4) is 0 Å². The summed E-state index contributed by atoms with van der Waals surface area (Å²) in [7, 11) is 0. The third-order valence-corrected chi connectivity index (χ3v) is 5.88. The molecule has 29 heavy (non-hydrogen) atoms. The molecule has 1 aromatic carbocycles. The van der Waals surface area contributed by atoms with Crippen molar-refractivity contribution in [3.8, 4) is 0 Å². The molecule has 2 saturated heterocycles. The van der Waals surface area contributed by atoms with E-state index in [1.54, 1.807) is 22.1 Å². The predicted molar refractivity (Wildman–Crippen MR) is 111 cm³/mol. The number of piperazine rings is 1. The van der Waals surface area contributed by atoms with E-state index >= 15 is 0 Å². The van der Waals surface area contributed by atoms with E-state index in [0.29, 0.717) is 43.7 Å². The van der Waals surface area contributed by atoms with Gasteiger partial charge in [0.1, 0.15) is 5.69 Å². The maximum Gasteiger partial charge on any atom is 0.272 e. The van der Waals surface area contributed by atoms with Gasteiger partial charge in [-0.15, -0.1) is 0 Å². The van der Waals surface area contributed by atoms with Gasteiger partial charge in [0.15, 0.2) is 0 Å². The Bertz CT molecular complexity index is 828. The summed E-state index contributed by atoms with van der Waals surface area (Å²) in [4.78, 5) is 38.3. The Labute approximate surface area is 171 Å². The van der Waals surface area contributed by atoms with Crippen molar-refractivity contribution in [2.24, 2.45) is 5.92 Å². The van der Waals surface area contributed by atoms with Gasteiger partial charge in [-0.2, -0.15) is 0 Å². The van der Waals surface area contributed by atoms with Crippen molar-refractivity contribution in [1.82, 2.24) is 19.8 Å². The average molecular weight is 393 g/mol. The molecule has 2 aliphatic heterocycles. The van der Waals surface area contributed by atoms with E-state index < -0.39 is 0 Å². The SMILES string of the molecule is O=CN1CCN(C(=O)c2ccnc(N3CCC(Cc4ccccc4)CC3)n2)CC1. The number of piperidine rings is 1. The Morgan fingerprint density at radius 2 is 1.72 bits per heavy atom. The fraction of sp³-hybridized carbons (Fsp3) is 0.455. The fourth-order valence-electron chi connectivity index (χ4n) is 4.10. The number of aromatic nitrogens is 2. The molecular weight excluding hydrogens is 366 g/mol. The summed E-state index contributed by atoms with van der Waals surface area (Å²) < 4.78 is 0. The van der Waals surface area contributed by atoms with Crippen LogP contribution < -0.4 is 4.90 Å². The lowest BCUT2D eigenvalue weighted by Crippen LogP contribution is -2.48.